The van der Waals surface area contributed by atoms with Gasteiger partial charge in [-0.25, -0.2) is 4.98 Å². The summed E-state index contributed by atoms with van der Waals surface area (Å²) in [6.45, 7) is 1.83. The number of fused-ring (bicyclic) bond motifs is 1. The summed E-state index contributed by atoms with van der Waals surface area (Å²) in [7, 11) is 3.90. The fourth-order valence-corrected chi connectivity index (χ4v) is 5.85. The molecular formula is C40H35N5O4S. The van der Waals surface area contributed by atoms with E-state index in [0.29, 0.717) is 22.8 Å². The second-order valence-electron chi connectivity index (χ2n) is 11.7. The minimum Gasteiger partial charge on any atom is -0.436 e. The van der Waals surface area contributed by atoms with Crippen molar-refractivity contribution in [2.75, 3.05) is 29.6 Å². The first-order valence-electron chi connectivity index (χ1n) is 15.9. The standard InChI is InChI=1S/C40H35N5O4S/c1-26(37(46)41-30-17-15-29(16-18-30)40-44-34-11-7-8-12-36(34)49-40)50-33-23-19-31(20-24-33)42-39(48)35(43-38(47)28-9-5-4-6-10-28)25-27-13-21-32(22-14-27)45(2)3/h4-26H,1-3H3,(H,41,46)(H,42,48)(H,43,47)/b35-25-. The summed E-state index contributed by atoms with van der Waals surface area (Å²) in [5, 5.41) is 8.22. The third-order valence-electron chi connectivity index (χ3n) is 7.74. The molecule has 0 aliphatic heterocycles. The van der Waals surface area contributed by atoms with E-state index in [1.165, 1.54) is 11.8 Å². The summed E-state index contributed by atoms with van der Waals surface area (Å²) < 4.78 is 5.84. The van der Waals surface area contributed by atoms with E-state index >= 15 is 0 Å². The normalized spacial score (nSPS) is 11.9. The second-order valence-corrected chi connectivity index (χ2v) is 13.1. The molecule has 10 heteroatoms. The van der Waals surface area contributed by atoms with Gasteiger partial charge in [0, 0.05) is 47.2 Å². The molecule has 3 N–H and O–H groups in total. The minimum atomic E-state index is -0.471. The van der Waals surface area contributed by atoms with Gasteiger partial charge in [-0.1, -0.05) is 42.5 Å². The predicted molar refractivity (Wildman–Crippen MR) is 201 cm³/mol. The average molecular weight is 682 g/mol. The van der Waals surface area contributed by atoms with Crippen LogP contribution in [0.2, 0.25) is 0 Å². The first kappa shape index (κ1) is 33.8. The number of nitrogens with zero attached hydrogens (tertiary/aromatic N) is 2. The van der Waals surface area contributed by atoms with Gasteiger partial charge in [-0.2, -0.15) is 0 Å². The van der Waals surface area contributed by atoms with Crippen molar-refractivity contribution in [2.45, 2.75) is 17.1 Å². The minimum absolute atomic E-state index is 0.0992. The zero-order chi connectivity index (χ0) is 35.0. The SMILES string of the molecule is CC(Sc1ccc(NC(=O)/C(=C/c2ccc(N(C)C)cc2)NC(=O)c2ccccc2)cc1)C(=O)Nc1ccc(-c2nc3ccccc3o2)cc1. The smallest absolute Gasteiger partial charge is 0.272 e. The molecular weight excluding hydrogens is 647 g/mol. The summed E-state index contributed by atoms with van der Waals surface area (Å²) in [4.78, 5) is 46.8. The van der Waals surface area contributed by atoms with Gasteiger partial charge in [0.15, 0.2) is 5.58 Å². The zero-order valence-corrected chi connectivity index (χ0v) is 28.5. The second kappa shape index (κ2) is 15.4. The molecule has 9 nitrogen and oxygen atoms in total. The average Bonchev–Trinajstić information content (AvgIpc) is 3.57. The van der Waals surface area contributed by atoms with Crippen molar-refractivity contribution in [3.63, 3.8) is 0 Å². The molecule has 0 radical (unpaired) electrons. The van der Waals surface area contributed by atoms with Gasteiger partial charge < -0.3 is 25.3 Å². The monoisotopic (exact) mass is 681 g/mol. The van der Waals surface area contributed by atoms with Crippen molar-refractivity contribution < 1.29 is 18.8 Å². The number of anilines is 3. The number of carbonyl (C=O) groups is 3. The number of rotatable bonds is 11. The lowest BCUT2D eigenvalue weighted by Gasteiger charge is -2.14. The molecule has 0 fully saturated rings. The number of hydrogen-bond acceptors (Lipinski definition) is 7. The maximum Gasteiger partial charge on any atom is 0.272 e. The van der Waals surface area contributed by atoms with Gasteiger partial charge in [0.1, 0.15) is 11.2 Å². The van der Waals surface area contributed by atoms with Gasteiger partial charge >= 0.3 is 0 Å². The number of carbonyl (C=O) groups excluding carboxylic acids is 3. The highest BCUT2D eigenvalue weighted by Gasteiger charge is 2.17. The highest BCUT2D eigenvalue weighted by molar-refractivity contribution is 8.00. The van der Waals surface area contributed by atoms with Crippen LogP contribution < -0.4 is 20.9 Å². The van der Waals surface area contributed by atoms with Crippen LogP contribution in [-0.2, 0) is 9.59 Å². The van der Waals surface area contributed by atoms with Gasteiger partial charge in [-0.05, 0) is 103 Å². The van der Waals surface area contributed by atoms with Crippen LogP contribution in [0.5, 0.6) is 0 Å². The van der Waals surface area contributed by atoms with E-state index in [-0.39, 0.29) is 11.6 Å². The van der Waals surface area contributed by atoms with E-state index in [9.17, 15) is 14.4 Å². The molecule has 50 heavy (non-hydrogen) atoms. The molecule has 0 aliphatic carbocycles. The molecule has 0 spiro atoms. The Balaban J connectivity index is 1.07. The molecule has 1 aromatic heterocycles. The van der Waals surface area contributed by atoms with Crippen molar-refractivity contribution in [3.8, 4) is 11.5 Å². The number of amides is 3. The Hall–Kier alpha value is -6.13. The highest BCUT2D eigenvalue weighted by Crippen LogP contribution is 2.28. The third kappa shape index (κ3) is 8.47. The molecule has 0 saturated carbocycles. The fraction of sp³-hybridized carbons (Fsp3) is 0.100. The Morgan fingerprint density at radius 2 is 1.40 bits per heavy atom. The van der Waals surface area contributed by atoms with Gasteiger partial charge in [-0.3, -0.25) is 14.4 Å². The Kier molecular flexibility index (Phi) is 10.4. The van der Waals surface area contributed by atoms with E-state index in [4.69, 9.17) is 4.42 Å². The number of aromatic nitrogens is 1. The van der Waals surface area contributed by atoms with E-state index in [2.05, 4.69) is 20.9 Å². The maximum atomic E-state index is 13.5. The lowest BCUT2D eigenvalue weighted by molar-refractivity contribution is -0.115. The van der Waals surface area contributed by atoms with Crippen LogP contribution in [-0.4, -0.2) is 42.1 Å². The molecule has 3 amide bonds. The molecule has 5 aromatic carbocycles. The van der Waals surface area contributed by atoms with Crippen LogP contribution in [0, 0.1) is 0 Å². The predicted octanol–water partition coefficient (Wildman–Crippen LogP) is 8.09. The topological polar surface area (TPSA) is 117 Å². The number of hydrogen-bond donors (Lipinski definition) is 3. The van der Waals surface area contributed by atoms with Crippen LogP contribution in [0.4, 0.5) is 17.1 Å². The van der Waals surface area contributed by atoms with E-state index in [1.807, 2.05) is 117 Å². The van der Waals surface area contributed by atoms with E-state index < -0.39 is 17.1 Å². The fourth-order valence-electron chi connectivity index (χ4n) is 4.99. The summed E-state index contributed by atoms with van der Waals surface area (Å²) in [5.74, 6) is -0.493. The summed E-state index contributed by atoms with van der Waals surface area (Å²) >= 11 is 1.40. The molecule has 1 unspecified atom stereocenters. The molecule has 0 bridgehead atoms. The number of nitrogens with one attached hydrogen (secondary N) is 3. The van der Waals surface area contributed by atoms with Crippen molar-refractivity contribution in [1.82, 2.24) is 10.3 Å². The molecule has 0 aliphatic rings. The summed E-state index contributed by atoms with van der Waals surface area (Å²) in [6.07, 6.45) is 1.64. The molecule has 0 saturated heterocycles. The Bertz CT molecular complexity index is 2110. The van der Waals surface area contributed by atoms with Gasteiger partial charge in [0.25, 0.3) is 11.8 Å². The van der Waals surface area contributed by atoms with Gasteiger partial charge in [0.2, 0.25) is 11.8 Å². The summed E-state index contributed by atoms with van der Waals surface area (Å²) in [5.41, 5.74) is 5.83. The Morgan fingerprint density at radius 1 is 0.760 bits per heavy atom. The number of oxazole rings is 1. The molecule has 250 valence electrons. The number of benzene rings is 5. The lowest BCUT2D eigenvalue weighted by atomic mass is 10.1. The van der Waals surface area contributed by atoms with Crippen molar-refractivity contribution in [1.29, 1.82) is 0 Å². The quantitative estimate of drug-likeness (QED) is 0.0935. The van der Waals surface area contributed by atoms with Crippen molar-refractivity contribution >= 4 is 63.7 Å². The lowest BCUT2D eigenvalue weighted by Crippen LogP contribution is -2.30. The first-order valence-corrected chi connectivity index (χ1v) is 16.8. The van der Waals surface area contributed by atoms with Gasteiger partial charge in [-0.15, -0.1) is 11.8 Å². The van der Waals surface area contributed by atoms with Crippen LogP contribution in [0.15, 0.2) is 142 Å². The van der Waals surface area contributed by atoms with Crippen LogP contribution >= 0.6 is 11.8 Å². The van der Waals surface area contributed by atoms with Crippen LogP contribution in [0.3, 0.4) is 0 Å². The molecule has 1 heterocycles. The van der Waals surface area contributed by atoms with E-state index in [0.717, 1.165) is 32.8 Å². The Labute approximate surface area is 294 Å². The first-order chi connectivity index (χ1) is 24.2. The van der Waals surface area contributed by atoms with Gasteiger partial charge in [0.05, 0.1) is 5.25 Å². The van der Waals surface area contributed by atoms with Crippen molar-refractivity contribution in [2.24, 2.45) is 0 Å². The van der Waals surface area contributed by atoms with E-state index in [1.54, 1.807) is 42.5 Å². The number of thioether (sulfide) groups is 1. The zero-order valence-electron chi connectivity index (χ0n) is 27.7. The van der Waals surface area contributed by atoms with Crippen LogP contribution in [0.1, 0.15) is 22.8 Å². The number of para-hydroxylation sites is 2. The Morgan fingerprint density at radius 3 is 2.08 bits per heavy atom. The third-order valence-corrected chi connectivity index (χ3v) is 8.85. The molecule has 6 aromatic rings. The van der Waals surface area contributed by atoms with Crippen LogP contribution in [0.25, 0.3) is 28.6 Å². The summed E-state index contributed by atoms with van der Waals surface area (Å²) in [6, 6.07) is 38.5. The van der Waals surface area contributed by atoms with Crippen molar-refractivity contribution in [3.05, 3.63) is 144 Å². The highest BCUT2D eigenvalue weighted by atomic mass is 32.2. The molecule has 1 atom stereocenters. The maximum absolute atomic E-state index is 13.5. The largest absolute Gasteiger partial charge is 0.436 e. The molecule has 6 rings (SSSR count).